The molecule has 0 spiro atoms. The lowest BCUT2D eigenvalue weighted by atomic mass is 10.0. The highest BCUT2D eigenvalue weighted by atomic mass is 32.1. The SMILES string of the molecule is C=C1Cc2c(n(CCCc3cccs3)c(=O)n(C)c2=O)C(=O)N1. The number of fused-ring (bicyclic) bond motifs is 1. The van der Waals surface area contributed by atoms with E-state index in [-0.39, 0.29) is 12.1 Å². The molecule has 3 rings (SSSR count). The number of thiophene rings is 1. The van der Waals surface area contributed by atoms with Gasteiger partial charge in [-0.05, 0) is 24.3 Å². The van der Waals surface area contributed by atoms with Crippen LogP contribution in [0.5, 0.6) is 0 Å². The lowest BCUT2D eigenvalue weighted by Crippen LogP contribution is -2.47. The van der Waals surface area contributed by atoms with Crippen molar-refractivity contribution in [3.8, 4) is 0 Å². The molecular weight excluding hydrogens is 314 g/mol. The Kier molecular flexibility index (Phi) is 4.04. The Balaban J connectivity index is 1.99. The van der Waals surface area contributed by atoms with Gasteiger partial charge in [-0.15, -0.1) is 11.3 Å². The van der Waals surface area contributed by atoms with Crippen molar-refractivity contribution in [1.82, 2.24) is 14.5 Å². The van der Waals surface area contributed by atoms with Crippen molar-refractivity contribution < 1.29 is 4.79 Å². The van der Waals surface area contributed by atoms with Crippen LogP contribution in [0.15, 0.2) is 39.4 Å². The van der Waals surface area contributed by atoms with E-state index in [0.717, 1.165) is 17.4 Å². The highest BCUT2D eigenvalue weighted by Gasteiger charge is 2.27. The van der Waals surface area contributed by atoms with Gasteiger partial charge in [-0.2, -0.15) is 0 Å². The lowest BCUT2D eigenvalue weighted by Gasteiger charge is -2.22. The largest absolute Gasteiger partial charge is 0.331 e. The van der Waals surface area contributed by atoms with Crippen LogP contribution in [0.25, 0.3) is 0 Å². The van der Waals surface area contributed by atoms with E-state index in [1.54, 1.807) is 11.3 Å². The summed E-state index contributed by atoms with van der Waals surface area (Å²) < 4.78 is 2.47. The van der Waals surface area contributed by atoms with Gasteiger partial charge >= 0.3 is 5.69 Å². The maximum absolute atomic E-state index is 12.4. The monoisotopic (exact) mass is 331 g/mol. The molecule has 120 valence electrons. The van der Waals surface area contributed by atoms with E-state index in [4.69, 9.17) is 0 Å². The predicted octanol–water partition coefficient (Wildman–Crippen LogP) is 1.04. The van der Waals surface area contributed by atoms with E-state index < -0.39 is 17.2 Å². The molecule has 6 nitrogen and oxygen atoms in total. The third-order valence-electron chi connectivity index (χ3n) is 3.92. The first-order chi connectivity index (χ1) is 11.0. The maximum atomic E-state index is 12.4. The van der Waals surface area contributed by atoms with E-state index in [1.165, 1.54) is 16.5 Å². The molecule has 1 N–H and O–H groups in total. The topological polar surface area (TPSA) is 73.1 Å². The second kappa shape index (κ2) is 6.00. The summed E-state index contributed by atoms with van der Waals surface area (Å²) in [5.74, 6) is -0.429. The number of rotatable bonds is 4. The standard InChI is InChI=1S/C16H17N3O3S/c1-10-9-12-13(14(20)17-10)19(16(22)18(2)15(12)21)7-3-5-11-6-4-8-23-11/h4,6,8H,1,3,5,7,9H2,2H3,(H,17,20). The third-order valence-corrected chi connectivity index (χ3v) is 4.85. The minimum atomic E-state index is -0.456. The van der Waals surface area contributed by atoms with Gasteiger partial charge in [0, 0.05) is 30.6 Å². The van der Waals surface area contributed by atoms with Crippen molar-refractivity contribution in [2.75, 3.05) is 0 Å². The Labute approximate surface area is 136 Å². The Morgan fingerprint density at radius 1 is 1.35 bits per heavy atom. The van der Waals surface area contributed by atoms with Gasteiger partial charge in [-0.3, -0.25) is 18.7 Å². The van der Waals surface area contributed by atoms with Crippen molar-refractivity contribution in [3.63, 3.8) is 0 Å². The summed E-state index contributed by atoms with van der Waals surface area (Å²) in [4.78, 5) is 38.2. The second-order valence-electron chi connectivity index (χ2n) is 5.54. The van der Waals surface area contributed by atoms with Crippen LogP contribution in [0.1, 0.15) is 27.3 Å². The van der Waals surface area contributed by atoms with Crippen LogP contribution >= 0.6 is 11.3 Å². The third kappa shape index (κ3) is 2.79. The zero-order chi connectivity index (χ0) is 16.6. The van der Waals surface area contributed by atoms with Gasteiger partial charge in [-0.25, -0.2) is 4.79 Å². The fourth-order valence-electron chi connectivity index (χ4n) is 2.80. The first kappa shape index (κ1) is 15.5. The number of nitrogens with one attached hydrogen (secondary N) is 1. The summed E-state index contributed by atoms with van der Waals surface area (Å²) in [5.41, 5.74) is 0.120. The molecule has 1 amide bonds. The number of nitrogens with zero attached hydrogens (tertiary/aromatic N) is 2. The van der Waals surface area contributed by atoms with Crippen LogP contribution in [0, 0.1) is 0 Å². The maximum Gasteiger partial charge on any atom is 0.331 e. The minimum absolute atomic E-state index is 0.177. The van der Waals surface area contributed by atoms with Gasteiger partial charge in [0.2, 0.25) is 0 Å². The quantitative estimate of drug-likeness (QED) is 0.910. The Morgan fingerprint density at radius 2 is 2.13 bits per heavy atom. The van der Waals surface area contributed by atoms with Crippen LogP contribution in [0.3, 0.4) is 0 Å². The number of carbonyl (C=O) groups excluding carboxylic acids is 1. The Hall–Kier alpha value is -2.41. The minimum Gasteiger partial charge on any atom is -0.325 e. The molecule has 0 saturated heterocycles. The average molecular weight is 331 g/mol. The molecule has 0 aromatic carbocycles. The molecule has 0 unspecified atom stereocenters. The highest BCUT2D eigenvalue weighted by Crippen LogP contribution is 2.15. The molecule has 0 radical (unpaired) electrons. The summed E-state index contributed by atoms with van der Waals surface area (Å²) in [6.45, 7) is 4.11. The second-order valence-corrected chi connectivity index (χ2v) is 6.58. The van der Waals surface area contributed by atoms with Crippen LogP contribution in [-0.4, -0.2) is 15.0 Å². The Bertz CT molecular complexity index is 891. The molecule has 3 heterocycles. The lowest BCUT2D eigenvalue weighted by molar-refractivity contribution is 0.0946. The van der Waals surface area contributed by atoms with Crippen LogP contribution < -0.4 is 16.6 Å². The number of aryl methyl sites for hydroxylation is 1. The summed E-state index contributed by atoms with van der Waals surface area (Å²) in [5, 5.41) is 4.62. The van der Waals surface area contributed by atoms with Crippen molar-refractivity contribution in [3.05, 3.63) is 66.8 Å². The summed E-state index contributed by atoms with van der Waals surface area (Å²) in [6, 6.07) is 4.03. The fraction of sp³-hybridized carbons (Fsp3) is 0.312. The first-order valence-corrected chi connectivity index (χ1v) is 8.21. The van der Waals surface area contributed by atoms with E-state index in [2.05, 4.69) is 11.9 Å². The number of allylic oxidation sites excluding steroid dienone is 1. The highest BCUT2D eigenvalue weighted by molar-refractivity contribution is 7.09. The Morgan fingerprint density at radius 3 is 2.83 bits per heavy atom. The van der Waals surface area contributed by atoms with E-state index in [1.807, 2.05) is 17.5 Å². The molecule has 0 fully saturated rings. The van der Waals surface area contributed by atoms with Crippen LogP contribution in [-0.2, 0) is 26.4 Å². The zero-order valence-electron chi connectivity index (χ0n) is 12.8. The number of amides is 1. The van der Waals surface area contributed by atoms with Crippen LogP contribution in [0.4, 0.5) is 0 Å². The zero-order valence-corrected chi connectivity index (χ0v) is 13.6. The van der Waals surface area contributed by atoms with Gasteiger partial charge in [0.1, 0.15) is 5.69 Å². The smallest absolute Gasteiger partial charge is 0.325 e. The normalized spacial score (nSPS) is 13.8. The van der Waals surface area contributed by atoms with Crippen molar-refractivity contribution >= 4 is 17.2 Å². The molecule has 1 aliphatic heterocycles. The number of hydrogen-bond acceptors (Lipinski definition) is 4. The number of carbonyl (C=O) groups is 1. The fourth-order valence-corrected chi connectivity index (χ4v) is 3.55. The molecule has 2 aromatic rings. The molecule has 23 heavy (non-hydrogen) atoms. The summed E-state index contributed by atoms with van der Waals surface area (Å²) >= 11 is 1.66. The van der Waals surface area contributed by atoms with Gasteiger partial charge < -0.3 is 5.32 Å². The number of hydrogen-bond donors (Lipinski definition) is 1. The molecule has 0 saturated carbocycles. The van der Waals surface area contributed by atoms with Crippen LogP contribution in [0.2, 0.25) is 0 Å². The first-order valence-electron chi connectivity index (χ1n) is 7.33. The average Bonchev–Trinajstić information content (AvgIpc) is 3.02. The molecule has 0 bridgehead atoms. The molecule has 2 aromatic heterocycles. The van der Waals surface area contributed by atoms with Crippen molar-refractivity contribution in [2.24, 2.45) is 7.05 Å². The predicted molar refractivity (Wildman–Crippen MR) is 88.9 cm³/mol. The van der Waals surface area contributed by atoms with Crippen molar-refractivity contribution in [2.45, 2.75) is 25.8 Å². The molecule has 0 atom stereocenters. The molecule has 7 heteroatoms. The van der Waals surface area contributed by atoms with Gasteiger partial charge in [0.25, 0.3) is 11.5 Å². The van der Waals surface area contributed by atoms with Gasteiger partial charge in [0.15, 0.2) is 0 Å². The molecular formula is C16H17N3O3S. The van der Waals surface area contributed by atoms with Gasteiger partial charge in [0.05, 0.1) is 5.56 Å². The van der Waals surface area contributed by atoms with E-state index in [0.29, 0.717) is 17.8 Å². The summed E-state index contributed by atoms with van der Waals surface area (Å²) in [6.07, 6.45) is 1.81. The van der Waals surface area contributed by atoms with Crippen molar-refractivity contribution in [1.29, 1.82) is 0 Å². The van der Waals surface area contributed by atoms with Gasteiger partial charge in [-0.1, -0.05) is 12.6 Å². The van der Waals surface area contributed by atoms with E-state index in [9.17, 15) is 14.4 Å². The molecule has 0 aliphatic carbocycles. The summed E-state index contributed by atoms with van der Waals surface area (Å²) in [7, 11) is 1.44. The number of aromatic nitrogens is 2. The van der Waals surface area contributed by atoms with E-state index >= 15 is 0 Å². The molecule has 1 aliphatic rings.